The summed E-state index contributed by atoms with van der Waals surface area (Å²) >= 11 is 0. The molecule has 1 atom stereocenters. The maximum absolute atomic E-state index is 13.0. The Bertz CT molecular complexity index is 1320. The van der Waals surface area contributed by atoms with E-state index in [-0.39, 0.29) is 31.1 Å². The van der Waals surface area contributed by atoms with E-state index in [1.807, 2.05) is 0 Å². The minimum atomic E-state index is -0.772. The SMILES string of the molecule is CCCCCC/C=C\CCCCCCCC(=O)OCC(COC(=O)CCCCCCCCCCCCCCCCC/C=C\CCCCCCCCCC)OC(=O)CCCCCCCCCCCCCCCCCCCCCCCCCC. The van der Waals surface area contributed by atoms with Gasteiger partial charge in [0.1, 0.15) is 13.2 Å². The summed E-state index contributed by atoms with van der Waals surface area (Å²) in [5.41, 5.74) is 0. The zero-order valence-corrected chi connectivity index (χ0v) is 55.8. The maximum Gasteiger partial charge on any atom is 0.306 e. The lowest BCUT2D eigenvalue weighted by Gasteiger charge is -2.18. The lowest BCUT2D eigenvalue weighted by Crippen LogP contribution is -2.30. The minimum absolute atomic E-state index is 0.0677. The normalized spacial score (nSPS) is 12.1. The highest BCUT2D eigenvalue weighted by molar-refractivity contribution is 5.71. The maximum atomic E-state index is 13.0. The molecule has 484 valence electrons. The van der Waals surface area contributed by atoms with Crippen molar-refractivity contribution < 1.29 is 28.6 Å². The number of unbranched alkanes of at least 4 members (excludes halogenated alkanes) is 55. The molecule has 6 heteroatoms. The van der Waals surface area contributed by atoms with E-state index >= 15 is 0 Å². The number of esters is 3. The summed E-state index contributed by atoms with van der Waals surface area (Å²) in [7, 11) is 0. The fraction of sp³-hybridized carbons (Fsp3) is 0.908. The van der Waals surface area contributed by atoms with E-state index in [0.717, 1.165) is 64.2 Å². The topological polar surface area (TPSA) is 78.9 Å². The van der Waals surface area contributed by atoms with Crippen molar-refractivity contribution in [3.05, 3.63) is 24.3 Å². The first-order valence-corrected chi connectivity index (χ1v) is 37.3. The minimum Gasteiger partial charge on any atom is -0.462 e. The summed E-state index contributed by atoms with van der Waals surface area (Å²) in [5.74, 6) is -0.842. The fourth-order valence-electron chi connectivity index (χ4n) is 11.6. The molecule has 0 saturated heterocycles. The second-order valence-electron chi connectivity index (χ2n) is 25.6. The molecule has 0 saturated carbocycles. The van der Waals surface area contributed by atoms with E-state index < -0.39 is 6.10 Å². The molecule has 0 radical (unpaired) electrons. The number of carbonyl (C=O) groups excluding carboxylic acids is 3. The Morgan fingerprint density at radius 1 is 0.232 bits per heavy atom. The quantitative estimate of drug-likeness (QED) is 0.0261. The van der Waals surface area contributed by atoms with Crippen molar-refractivity contribution in [1.29, 1.82) is 0 Å². The predicted octanol–water partition coefficient (Wildman–Crippen LogP) is 25.7. The number of allylic oxidation sites excluding steroid dienone is 4. The van der Waals surface area contributed by atoms with Crippen molar-refractivity contribution in [3.63, 3.8) is 0 Å². The number of hydrogen-bond donors (Lipinski definition) is 0. The van der Waals surface area contributed by atoms with Crippen LogP contribution in [-0.4, -0.2) is 37.2 Å². The van der Waals surface area contributed by atoms with E-state index in [9.17, 15) is 14.4 Å². The van der Waals surface area contributed by atoms with Crippen molar-refractivity contribution in [3.8, 4) is 0 Å². The van der Waals surface area contributed by atoms with E-state index in [0.29, 0.717) is 19.3 Å². The molecular weight excluding hydrogens is 1010 g/mol. The third-order valence-electron chi connectivity index (χ3n) is 17.2. The number of rotatable bonds is 70. The second kappa shape index (κ2) is 71.4. The Hall–Kier alpha value is -2.11. The van der Waals surface area contributed by atoms with Gasteiger partial charge in [-0.25, -0.2) is 0 Å². The first-order chi connectivity index (χ1) is 40.5. The Balaban J connectivity index is 4.19. The van der Waals surface area contributed by atoms with Crippen LogP contribution in [0.4, 0.5) is 0 Å². The van der Waals surface area contributed by atoms with Crippen molar-refractivity contribution in [2.75, 3.05) is 13.2 Å². The summed E-state index contributed by atoms with van der Waals surface area (Å²) < 4.78 is 17.0. The van der Waals surface area contributed by atoms with Gasteiger partial charge in [-0.05, 0) is 70.6 Å². The van der Waals surface area contributed by atoms with E-state index in [1.165, 1.54) is 321 Å². The molecular formula is C76H144O6. The van der Waals surface area contributed by atoms with Gasteiger partial charge in [-0.15, -0.1) is 0 Å². The number of hydrogen-bond acceptors (Lipinski definition) is 6. The lowest BCUT2D eigenvalue weighted by molar-refractivity contribution is -0.167. The van der Waals surface area contributed by atoms with Crippen molar-refractivity contribution in [1.82, 2.24) is 0 Å². The van der Waals surface area contributed by atoms with Gasteiger partial charge in [0.25, 0.3) is 0 Å². The van der Waals surface area contributed by atoms with Gasteiger partial charge < -0.3 is 14.2 Å². The standard InChI is InChI=1S/C76H144O6/c1-4-7-10-13-16-19-22-25-27-29-31-33-35-37-38-39-41-42-44-46-48-51-54-57-60-63-66-69-75(78)81-72-73(71-80-74(77)68-65-62-59-56-53-50-24-21-18-15-12-9-6-3)82-76(79)70-67-64-61-58-55-52-49-47-45-43-40-36-34-32-30-28-26-23-20-17-14-11-8-5-2/h21,24,29,31,73H,4-20,22-23,25-28,30,32-72H2,1-3H3/b24-21-,31-29-. The van der Waals surface area contributed by atoms with Gasteiger partial charge in [-0.3, -0.25) is 14.4 Å². The van der Waals surface area contributed by atoms with Gasteiger partial charge >= 0.3 is 17.9 Å². The van der Waals surface area contributed by atoms with Crippen molar-refractivity contribution in [2.24, 2.45) is 0 Å². The zero-order chi connectivity index (χ0) is 59.2. The van der Waals surface area contributed by atoms with Gasteiger partial charge in [0, 0.05) is 19.3 Å². The molecule has 0 aliphatic rings. The summed E-state index contributed by atoms with van der Waals surface area (Å²) in [4.78, 5) is 38.5. The van der Waals surface area contributed by atoms with Gasteiger partial charge in [0.05, 0.1) is 0 Å². The van der Waals surface area contributed by atoms with Crippen LogP contribution in [0, 0.1) is 0 Å². The molecule has 0 heterocycles. The van der Waals surface area contributed by atoms with Crippen molar-refractivity contribution in [2.45, 2.75) is 431 Å². The first kappa shape index (κ1) is 79.9. The molecule has 0 rings (SSSR count). The molecule has 0 aromatic rings. The van der Waals surface area contributed by atoms with E-state index in [1.54, 1.807) is 0 Å². The molecule has 0 aliphatic heterocycles. The smallest absolute Gasteiger partial charge is 0.306 e. The molecule has 1 unspecified atom stereocenters. The lowest BCUT2D eigenvalue weighted by atomic mass is 10.0. The molecule has 0 amide bonds. The predicted molar refractivity (Wildman–Crippen MR) is 358 cm³/mol. The molecule has 0 aliphatic carbocycles. The third kappa shape index (κ3) is 68.7. The second-order valence-corrected chi connectivity index (χ2v) is 25.6. The van der Waals surface area contributed by atoms with Crippen LogP contribution in [0.25, 0.3) is 0 Å². The van der Waals surface area contributed by atoms with Crippen LogP contribution < -0.4 is 0 Å². The van der Waals surface area contributed by atoms with Crippen LogP contribution in [0.3, 0.4) is 0 Å². The Labute approximate surface area is 513 Å². The van der Waals surface area contributed by atoms with E-state index in [2.05, 4.69) is 45.1 Å². The van der Waals surface area contributed by atoms with Crippen LogP contribution in [0.15, 0.2) is 24.3 Å². The molecule has 0 fully saturated rings. The molecule has 0 aromatic carbocycles. The van der Waals surface area contributed by atoms with Gasteiger partial charge in [-0.1, -0.05) is 360 Å². The third-order valence-corrected chi connectivity index (χ3v) is 17.2. The zero-order valence-electron chi connectivity index (χ0n) is 55.8. The van der Waals surface area contributed by atoms with Crippen LogP contribution in [0.2, 0.25) is 0 Å². The molecule has 82 heavy (non-hydrogen) atoms. The van der Waals surface area contributed by atoms with Crippen LogP contribution in [-0.2, 0) is 28.6 Å². The number of carbonyl (C=O) groups is 3. The Kier molecular flexibility index (Phi) is 69.5. The largest absolute Gasteiger partial charge is 0.462 e. The molecule has 0 spiro atoms. The summed E-state index contributed by atoms with van der Waals surface area (Å²) in [6.45, 7) is 6.71. The molecule has 0 N–H and O–H groups in total. The Morgan fingerprint density at radius 2 is 0.402 bits per heavy atom. The van der Waals surface area contributed by atoms with Crippen molar-refractivity contribution >= 4 is 17.9 Å². The van der Waals surface area contributed by atoms with Crippen LogP contribution in [0.5, 0.6) is 0 Å². The highest BCUT2D eigenvalue weighted by atomic mass is 16.6. The van der Waals surface area contributed by atoms with E-state index in [4.69, 9.17) is 14.2 Å². The van der Waals surface area contributed by atoms with Crippen LogP contribution >= 0.6 is 0 Å². The molecule has 0 bridgehead atoms. The first-order valence-electron chi connectivity index (χ1n) is 37.3. The molecule has 6 nitrogen and oxygen atoms in total. The number of ether oxygens (including phenoxy) is 3. The molecule has 0 aromatic heterocycles. The summed E-state index contributed by atoms with van der Waals surface area (Å²) in [5, 5.41) is 0. The van der Waals surface area contributed by atoms with Crippen LogP contribution in [0.1, 0.15) is 425 Å². The van der Waals surface area contributed by atoms with Gasteiger partial charge in [0.2, 0.25) is 0 Å². The Morgan fingerprint density at radius 3 is 0.622 bits per heavy atom. The highest BCUT2D eigenvalue weighted by Crippen LogP contribution is 2.19. The average Bonchev–Trinajstić information content (AvgIpc) is 3.47. The average molecular weight is 1150 g/mol. The summed E-state index contributed by atoms with van der Waals surface area (Å²) in [6, 6.07) is 0. The fourth-order valence-corrected chi connectivity index (χ4v) is 11.6. The summed E-state index contributed by atoms with van der Waals surface area (Å²) in [6.07, 6.45) is 88.0. The monoisotopic (exact) mass is 1150 g/mol. The van der Waals surface area contributed by atoms with Gasteiger partial charge in [0.15, 0.2) is 6.10 Å². The highest BCUT2D eigenvalue weighted by Gasteiger charge is 2.20. The van der Waals surface area contributed by atoms with Gasteiger partial charge in [-0.2, -0.15) is 0 Å².